The fraction of sp³-hybridized carbons (Fsp3) is 0.389. The molecule has 0 radical (unpaired) electrons. The van der Waals surface area contributed by atoms with Gasteiger partial charge in [0.2, 0.25) is 5.88 Å². The van der Waals surface area contributed by atoms with E-state index in [-0.39, 0.29) is 17.7 Å². The highest BCUT2D eigenvalue weighted by molar-refractivity contribution is 6.06. The van der Waals surface area contributed by atoms with E-state index < -0.39 is 0 Å². The van der Waals surface area contributed by atoms with Crippen LogP contribution in [-0.2, 0) is 7.05 Å². The molecule has 2 N–H and O–H groups in total. The van der Waals surface area contributed by atoms with Gasteiger partial charge in [-0.1, -0.05) is 13.8 Å². The van der Waals surface area contributed by atoms with E-state index in [1.54, 1.807) is 37.5 Å². The Morgan fingerprint density at radius 2 is 1.88 bits per heavy atom. The van der Waals surface area contributed by atoms with Crippen molar-refractivity contribution in [1.29, 1.82) is 0 Å². The van der Waals surface area contributed by atoms with Gasteiger partial charge in [-0.25, -0.2) is 0 Å². The second kappa shape index (κ2) is 8.32. The number of carbonyl (C=O) groups excluding carboxylic acids is 2. The van der Waals surface area contributed by atoms with Crippen LogP contribution in [-0.4, -0.2) is 35.2 Å². The van der Waals surface area contributed by atoms with Crippen molar-refractivity contribution in [1.82, 2.24) is 15.1 Å². The molecule has 0 bridgehead atoms. The van der Waals surface area contributed by atoms with Gasteiger partial charge in [0.1, 0.15) is 5.56 Å². The van der Waals surface area contributed by atoms with Crippen molar-refractivity contribution in [3.63, 3.8) is 0 Å². The number of aromatic nitrogens is 2. The second-order valence-corrected chi connectivity index (χ2v) is 6.20. The molecule has 2 rings (SSSR count). The SMILES string of the molecule is COc1nn(C)cc1C(=O)Nc1ccc(C(=O)NCCC(C)C)cc1. The number of carbonyl (C=O) groups is 2. The van der Waals surface area contributed by atoms with Gasteiger partial charge < -0.3 is 15.4 Å². The summed E-state index contributed by atoms with van der Waals surface area (Å²) in [6.07, 6.45) is 2.53. The van der Waals surface area contributed by atoms with Crippen LogP contribution in [0.5, 0.6) is 5.88 Å². The van der Waals surface area contributed by atoms with Crippen molar-refractivity contribution in [2.75, 3.05) is 19.0 Å². The Labute approximate surface area is 147 Å². The van der Waals surface area contributed by atoms with E-state index in [1.807, 2.05) is 0 Å². The van der Waals surface area contributed by atoms with Gasteiger partial charge in [0.25, 0.3) is 11.8 Å². The summed E-state index contributed by atoms with van der Waals surface area (Å²) in [7, 11) is 3.18. The molecule has 134 valence electrons. The van der Waals surface area contributed by atoms with Crippen molar-refractivity contribution in [2.45, 2.75) is 20.3 Å². The molecule has 1 heterocycles. The van der Waals surface area contributed by atoms with E-state index in [2.05, 4.69) is 29.6 Å². The van der Waals surface area contributed by atoms with E-state index in [9.17, 15) is 9.59 Å². The third kappa shape index (κ3) is 5.07. The largest absolute Gasteiger partial charge is 0.479 e. The molecule has 0 fully saturated rings. The number of nitrogens with one attached hydrogen (secondary N) is 2. The average molecular weight is 344 g/mol. The number of anilines is 1. The zero-order chi connectivity index (χ0) is 18.4. The summed E-state index contributed by atoms with van der Waals surface area (Å²) in [5, 5.41) is 9.70. The summed E-state index contributed by atoms with van der Waals surface area (Å²) in [5.41, 5.74) is 1.50. The molecule has 25 heavy (non-hydrogen) atoms. The van der Waals surface area contributed by atoms with Crippen LogP contribution in [0.25, 0.3) is 0 Å². The topological polar surface area (TPSA) is 85.2 Å². The number of hydrogen-bond acceptors (Lipinski definition) is 4. The van der Waals surface area contributed by atoms with Crippen LogP contribution in [0, 0.1) is 5.92 Å². The molecule has 0 unspecified atom stereocenters. The Balaban J connectivity index is 1.97. The first kappa shape index (κ1) is 18.5. The summed E-state index contributed by atoms with van der Waals surface area (Å²) < 4.78 is 6.60. The fourth-order valence-electron chi connectivity index (χ4n) is 2.25. The zero-order valence-corrected chi connectivity index (χ0v) is 15.0. The molecule has 7 nitrogen and oxygen atoms in total. The van der Waals surface area contributed by atoms with Crippen LogP contribution in [0.15, 0.2) is 30.5 Å². The molecular formula is C18H24N4O3. The standard InChI is InChI=1S/C18H24N4O3/c1-12(2)9-10-19-16(23)13-5-7-14(8-6-13)20-17(24)15-11-22(3)21-18(15)25-4/h5-8,11-12H,9-10H2,1-4H3,(H,19,23)(H,20,24). The normalized spacial score (nSPS) is 10.6. The molecule has 0 saturated heterocycles. The van der Waals surface area contributed by atoms with Crippen molar-refractivity contribution < 1.29 is 14.3 Å². The van der Waals surface area contributed by atoms with Gasteiger partial charge in [-0.3, -0.25) is 14.3 Å². The number of hydrogen-bond donors (Lipinski definition) is 2. The Kier molecular flexibility index (Phi) is 6.16. The van der Waals surface area contributed by atoms with Crippen molar-refractivity contribution in [3.05, 3.63) is 41.6 Å². The summed E-state index contributed by atoms with van der Waals surface area (Å²) in [5.74, 6) is 0.370. The molecule has 0 spiro atoms. The Bertz CT molecular complexity index is 735. The first-order valence-electron chi connectivity index (χ1n) is 8.18. The van der Waals surface area contributed by atoms with Crippen molar-refractivity contribution in [2.24, 2.45) is 13.0 Å². The van der Waals surface area contributed by atoms with Gasteiger partial charge in [0, 0.05) is 31.0 Å². The summed E-state index contributed by atoms with van der Waals surface area (Å²) in [6.45, 7) is 4.87. The van der Waals surface area contributed by atoms with Crippen LogP contribution in [0.4, 0.5) is 5.69 Å². The monoisotopic (exact) mass is 344 g/mol. The first-order valence-corrected chi connectivity index (χ1v) is 8.18. The fourth-order valence-corrected chi connectivity index (χ4v) is 2.25. The van der Waals surface area contributed by atoms with E-state index in [0.717, 1.165) is 6.42 Å². The van der Waals surface area contributed by atoms with Gasteiger partial charge in [0.05, 0.1) is 7.11 Å². The van der Waals surface area contributed by atoms with Crippen LogP contribution < -0.4 is 15.4 Å². The van der Waals surface area contributed by atoms with E-state index >= 15 is 0 Å². The Morgan fingerprint density at radius 1 is 1.20 bits per heavy atom. The molecule has 7 heteroatoms. The van der Waals surface area contributed by atoms with E-state index in [1.165, 1.54) is 11.8 Å². The molecule has 2 aromatic rings. The third-order valence-electron chi connectivity index (χ3n) is 3.65. The lowest BCUT2D eigenvalue weighted by Crippen LogP contribution is -2.25. The van der Waals surface area contributed by atoms with Crippen LogP contribution in [0.3, 0.4) is 0 Å². The number of methoxy groups -OCH3 is 1. The van der Waals surface area contributed by atoms with Gasteiger partial charge in [-0.2, -0.15) is 0 Å². The minimum atomic E-state index is -0.320. The maximum Gasteiger partial charge on any atom is 0.262 e. The third-order valence-corrected chi connectivity index (χ3v) is 3.65. The molecule has 0 atom stereocenters. The molecule has 0 aliphatic carbocycles. The molecule has 1 aromatic carbocycles. The predicted molar refractivity (Wildman–Crippen MR) is 95.9 cm³/mol. The lowest BCUT2D eigenvalue weighted by Gasteiger charge is -2.08. The highest BCUT2D eigenvalue weighted by Crippen LogP contribution is 2.17. The van der Waals surface area contributed by atoms with Crippen molar-refractivity contribution >= 4 is 17.5 Å². The van der Waals surface area contributed by atoms with E-state index in [4.69, 9.17) is 4.74 Å². The van der Waals surface area contributed by atoms with Crippen LogP contribution >= 0.6 is 0 Å². The Hall–Kier alpha value is -2.83. The number of rotatable bonds is 7. The highest BCUT2D eigenvalue weighted by atomic mass is 16.5. The number of ether oxygens (including phenoxy) is 1. The summed E-state index contributed by atoms with van der Waals surface area (Å²) >= 11 is 0. The zero-order valence-electron chi connectivity index (χ0n) is 15.0. The van der Waals surface area contributed by atoms with Crippen LogP contribution in [0.1, 0.15) is 41.0 Å². The number of aryl methyl sites for hydroxylation is 1. The van der Waals surface area contributed by atoms with Gasteiger partial charge >= 0.3 is 0 Å². The predicted octanol–water partition coefficient (Wildman–Crippen LogP) is 2.46. The first-order chi connectivity index (χ1) is 11.9. The van der Waals surface area contributed by atoms with Gasteiger partial charge in [-0.15, -0.1) is 5.10 Å². The van der Waals surface area contributed by atoms with Crippen molar-refractivity contribution in [3.8, 4) is 5.88 Å². The lowest BCUT2D eigenvalue weighted by molar-refractivity contribution is 0.0951. The second-order valence-electron chi connectivity index (χ2n) is 6.20. The number of benzene rings is 1. The molecule has 2 amide bonds. The quantitative estimate of drug-likeness (QED) is 0.808. The lowest BCUT2D eigenvalue weighted by atomic mass is 10.1. The highest BCUT2D eigenvalue weighted by Gasteiger charge is 2.16. The maximum absolute atomic E-state index is 12.3. The van der Waals surface area contributed by atoms with Crippen LogP contribution in [0.2, 0.25) is 0 Å². The number of nitrogens with zero attached hydrogens (tertiary/aromatic N) is 2. The minimum absolute atomic E-state index is 0.118. The maximum atomic E-state index is 12.3. The molecule has 0 saturated carbocycles. The number of amides is 2. The Morgan fingerprint density at radius 3 is 2.48 bits per heavy atom. The van der Waals surface area contributed by atoms with Gasteiger partial charge in [0.15, 0.2) is 0 Å². The summed E-state index contributed by atoms with van der Waals surface area (Å²) in [6, 6.07) is 6.75. The van der Waals surface area contributed by atoms with E-state index in [0.29, 0.717) is 29.3 Å². The molecule has 0 aliphatic rings. The minimum Gasteiger partial charge on any atom is -0.479 e. The average Bonchev–Trinajstić information content (AvgIpc) is 2.96. The molecule has 1 aromatic heterocycles. The molecule has 0 aliphatic heterocycles. The smallest absolute Gasteiger partial charge is 0.262 e. The summed E-state index contributed by atoms with van der Waals surface area (Å²) in [4.78, 5) is 24.3. The molecular weight excluding hydrogens is 320 g/mol. The van der Waals surface area contributed by atoms with Gasteiger partial charge in [-0.05, 0) is 36.6 Å².